The Kier molecular flexibility index (Phi) is 3.79. The van der Waals surface area contributed by atoms with Crippen molar-refractivity contribution in [1.82, 2.24) is 0 Å². The standard InChI is InChI=1S/C19H17NO2/c1-13-7-10-18(22-2)17(11-13)19(21)20-16-9-8-14-5-3-4-6-15(14)12-16/h3-12H,1-2H3,(H,20,21). The molecule has 0 aromatic heterocycles. The van der Waals surface area contributed by atoms with Crippen molar-refractivity contribution in [1.29, 1.82) is 0 Å². The molecule has 1 amide bonds. The predicted molar refractivity (Wildman–Crippen MR) is 89.6 cm³/mol. The third-order valence-corrected chi connectivity index (χ3v) is 3.61. The highest BCUT2D eigenvalue weighted by Crippen LogP contribution is 2.23. The summed E-state index contributed by atoms with van der Waals surface area (Å²) in [6.45, 7) is 1.95. The lowest BCUT2D eigenvalue weighted by Crippen LogP contribution is -2.13. The van der Waals surface area contributed by atoms with Crippen molar-refractivity contribution < 1.29 is 9.53 Å². The van der Waals surface area contributed by atoms with Crippen LogP contribution in [0.2, 0.25) is 0 Å². The Hall–Kier alpha value is -2.81. The van der Waals surface area contributed by atoms with Gasteiger partial charge in [-0.25, -0.2) is 0 Å². The Balaban J connectivity index is 1.91. The maximum Gasteiger partial charge on any atom is 0.259 e. The molecule has 110 valence electrons. The minimum absolute atomic E-state index is 0.171. The number of hydrogen-bond donors (Lipinski definition) is 1. The quantitative estimate of drug-likeness (QED) is 0.776. The highest BCUT2D eigenvalue weighted by atomic mass is 16.5. The van der Waals surface area contributed by atoms with Crippen LogP contribution in [0.15, 0.2) is 60.7 Å². The van der Waals surface area contributed by atoms with Gasteiger partial charge >= 0.3 is 0 Å². The number of rotatable bonds is 3. The second kappa shape index (κ2) is 5.90. The van der Waals surface area contributed by atoms with Gasteiger partial charge in [0.15, 0.2) is 0 Å². The highest BCUT2D eigenvalue weighted by molar-refractivity contribution is 6.07. The molecule has 0 radical (unpaired) electrons. The maximum atomic E-state index is 12.5. The van der Waals surface area contributed by atoms with E-state index < -0.39 is 0 Å². The van der Waals surface area contributed by atoms with E-state index >= 15 is 0 Å². The van der Waals surface area contributed by atoms with Gasteiger partial charge in [0.25, 0.3) is 5.91 Å². The SMILES string of the molecule is COc1ccc(C)cc1C(=O)Nc1ccc2ccccc2c1. The Morgan fingerprint density at radius 3 is 2.50 bits per heavy atom. The fourth-order valence-electron chi connectivity index (χ4n) is 2.46. The lowest BCUT2D eigenvalue weighted by Gasteiger charge is -2.11. The normalized spacial score (nSPS) is 10.5. The van der Waals surface area contributed by atoms with Gasteiger partial charge in [-0.05, 0) is 42.0 Å². The third kappa shape index (κ3) is 2.79. The number of amides is 1. The topological polar surface area (TPSA) is 38.3 Å². The van der Waals surface area contributed by atoms with Crippen molar-refractivity contribution in [3.05, 3.63) is 71.8 Å². The average Bonchev–Trinajstić information content (AvgIpc) is 2.54. The predicted octanol–water partition coefficient (Wildman–Crippen LogP) is 4.41. The maximum absolute atomic E-state index is 12.5. The highest BCUT2D eigenvalue weighted by Gasteiger charge is 2.12. The minimum atomic E-state index is -0.171. The molecule has 0 saturated carbocycles. The summed E-state index contributed by atoms with van der Waals surface area (Å²) in [6.07, 6.45) is 0. The van der Waals surface area contributed by atoms with E-state index in [1.54, 1.807) is 7.11 Å². The molecular formula is C19H17NO2. The van der Waals surface area contributed by atoms with Gasteiger partial charge in [-0.15, -0.1) is 0 Å². The lowest BCUT2D eigenvalue weighted by molar-refractivity contribution is 0.102. The molecule has 0 unspecified atom stereocenters. The number of carbonyl (C=O) groups is 1. The number of anilines is 1. The van der Waals surface area contributed by atoms with E-state index in [0.717, 1.165) is 22.0 Å². The van der Waals surface area contributed by atoms with E-state index in [0.29, 0.717) is 11.3 Å². The number of ether oxygens (including phenoxy) is 1. The number of aryl methyl sites for hydroxylation is 1. The summed E-state index contributed by atoms with van der Waals surface area (Å²) in [5.41, 5.74) is 2.33. The molecule has 3 heteroatoms. The summed E-state index contributed by atoms with van der Waals surface area (Å²) in [5.74, 6) is 0.403. The fraction of sp³-hybridized carbons (Fsp3) is 0.105. The molecule has 0 heterocycles. The second-order valence-corrected chi connectivity index (χ2v) is 5.22. The zero-order chi connectivity index (χ0) is 15.5. The van der Waals surface area contributed by atoms with Gasteiger partial charge in [-0.2, -0.15) is 0 Å². The first-order chi connectivity index (χ1) is 10.7. The van der Waals surface area contributed by atoms with Gasteiger partial charge in [0.05, 0.1) is 12.7 Å². The van der Waals surface area contributed by atoms with Crippen LogP contribution in [0.3, 0.4) is 0 Å². The number of benzene rings is 3. The van der Waals surface area contributed by atoms with Crippen LogP contribution in [0.4, 0.5) is 5.69 Å². The van der Waals surface area contributed by atoms with E-state index in [9.17, 15) is 4.79 Å². The van der Waals surface area contributed by atoms with E-state index in [4.69, 9.17) is 4.74 Å². The molecule has 22 heavy (non-hydrogen) atoms. The second-order valence-electron chi connectivity index (χ2n) is 5.22. The number of methoxy groups -OCH3 is 1. The van der Waals surface area contributed by atoms with Crippen LogP contribution >= 0.6 is 0 Å². The summed E-state index contributed by atoms with van der Waals surface area (Å²) in [5, 5.41) is 5.17. The first-order valence-electron chi connectivity index (χ1n) is 7.12. The molecule has 0 aliphatic carbocycles. The third-order valence-electron chi connectivity index (χ3n) is 3.61. The zero-order valence-corrected chi connectivity index (χ0v) is 12.6. The van der Waals surface area contributed by atoms with Gasteiger partial charge in [0, 0.05) is 5.69 Å². The smallest absolute Gasteiger partial charge is 0.259 e. The molecule has 1 N–H and O–H groups in total. The van der Waals surface area contributed by atoms with Gasteiger partial charge in [-0.1, -0.05) is 42.0 Å². The van der Waals surface area contributed by atoms with E-state index in [-0.39, 0.29) is 5.91 Å². The molecule has 3 nitrogen and oxygen atoms in total. The van der Waals surface area contributed by atoms with Crippen molar-refractivity contribution in [3.63, 3.8) is 0 Å². The molecule has 0 saturated heterocycles. The van der Waals surface area contributed by atoms with E-state index in [1.807, 2.05) is 67.6 Å². The van der Waals surface area contributed by atoms with Crippen molar-refractivity contribution >= 4 is 22.4 Å². The van der Waals surface area contributed by atoms with Gasteiger partial charge < -0.3 is 10.1 Å². The molecule has 3 aromatic rings. The van der Waals surface area contributed by atoms with Gasteiger partial charge in [0.1, 0.15) is 5.75 Å². The Morgan fingerprint density at radius 1 is 0.955 bits per heavy atom. The first kappa shape index (κ1) is 14.1. The number of fused-ring (bicyclic) bond motifs is 1. The Bertz CT molecular complexity index is 840. The summed E-state index contributed by atoms with van der Waals surface area (Å²) < 4.78 is 5.27. The zero-order valence-electron chi connectivity index (χ0n) is 12.6. The van der Waals surface area contributed by atoms with Crippen molar-refractivity contribution in [3.8, 4) is 5.75 Å². The molecule has 0 atom stereocenters. The first-order valence-corrected chi connectivity index (χ1v) is 7.12. The molecule has 0 bridgehead atoms. The van der Waals surface area contributed by atoms with Crippen LogP contribution in [-0.4, -0.2) is 13.0 Å². The van der Waals surface area contributed by atoms with Gasteiger partial charge in [-0.3, -0.25) is 4.79 Å². The molecule has 0 aliphatic heterocycles. The number of carbonyl (C=O) groups excluding carboxylic acids is 1. The summed E-state index contributed by atoms with van der Waals surface area (Å²) in [4.78, 5) is 12.5. The molecular weight excluding hydrogens is 274 g/mol. The van der Waals surface area contributed by atoms with Crippen LogP contribution in [-0.2, 0) is 0 Å². The fourth-order valence-corrected chi connectivity index (χ4v) is 2.46. The van der Waals surface area contributed by atoms with Crippen LogP contribution in [0.1, 0.15) is 15.9 Å². The molecule has 0 fully saturated rings. The summed E-state index contributed by atoms with van der Waals surface area (Å²) >= 11 is 0. The lowest BCUT2D eigenvalue weighted by atomic mass is 10.1. The number of hydrogen-bond acceptors (Lipinski definition) is 2. The van der Waals surface area contributed by atoms with Crippen LogP contribution < -0.4 is 10.1 Å². The largest absolute Gasteiger partial charge is 0.496 e. The van der Waals surface area contributed by atoms with Crippen molar-refractivity contribution in [2.45, 2.75) is 6.92 Å². The Morgan fingerprint density at radius 2 is 1.73 bits per heavy atom. The summed E-state index contributed by atoms with van der Waals surface area (Å²) in [7, 11) is 1.57. The van der Waals surface area contributed by atoms with E-state index in [1.165, 1.54) is 0 Å². The van der Waals surface area contributed by atoms with E-state index in [2.05, 4.69) is 5.32 Å². The number of nitrogens with one attached hydrogen (secondary N) is 1. The van der Waals surface area contributed by atoms with Crippen molar-refractivity contribution in [2.24, 2.45) is 0 Å². The van der Waals surface area contributed by atoms with Crippen LogP contribution in [0.25, 0.3) is 10.8 Å². The summed E-state index contributed by atoms with van der Waals surface area (Å²) in [6, 6.07) is 19.5. The molecule has 0 aliphatic rings. The average molecular weight is 291 g/mol. The van der Waals surface area contributed by atoms with Crippen LogP contribution in [0, 0.1) is 6.92 Å². The molecule has 3 aromatic carbocycles. The van der Waals surface area contributed by atoms with Gasteiger partial charge in [0.2, 0.25) is 0 Å². The van der Waals surface area contributed by atoms with Crippen molar-refractivity contribution in [2.75, 3.05) is 12.4 Å². The minimum Gasteiger partial charge on any atom is -0.496 e. The Labute approximate surface area is 129 Å². The molecule has 0 spiro atoms. The monoisotopic (exact) mass is 291 g/mol. The van der Waals surface area contributed by atoms with Crippen LogP contribution in [0.5, 0.6) is 5.75 Å². The molecule has 3 rings (SSSR count).